The molecule has 0 N–H and O–H groups in total. The first-order valence-corrected chi connectivity index (χ1v) is 6.20. The van der Waals surface area contributed by atoms with Crippen molar-refractivity contribution in [1.82, 2.24) is 4.90 Å². The van der Waals surface area contributed by atoms with Gasteiger partial charge in [-0.3, -0.25) is 4.79 Å². The molecule has 1 aromatic rings. The first kappa shape index (κ1) is 12.3. The molecule has 1 atom stereocenters. The van der Waals surface area contributed by atoms with Crippen molar-refractivity contribution in [1.29, 1.82) is 0 Å². The van der Waals surface area contributed by atoms with Crippen molar-refractivity contribution in [2.45, 2.75) is 6.92 Å². The molecule has 92 valence electrons. The quantitative estimate of drug-likeness (QED) is 0.746. The molecule has 0 bridgehead atoms. The van der Waals surface area contributed by atoms with Gasteiger partial charge in [-0.15, -0.1) is 0 Å². The number of rotatable bonds is 3. The molecule has 0 amide bonds. The predicted octanol–water partition coefficient (Wildman–Crippen LogP) is 1.84. The molecule has 0 saturated carbocycles. The van der Waals surface area contributed by atoms with E-state index in [0.29, 0.717) is 6.61 Å². The van der Waals surface area contributed by atoms with Crippen LogP contribution in [0.1, 0.15) is 17.3 Å². The Bertz CT molecular complexity index is 364. The van der Waals surface area contributed by atoms with E-state index in [-0.39, 0.29) is 11.7 Å². The van der Waals surface area contributed by atoms with Crippen molar-refractivity contribution >= 4 is 5.78 Å². The van der Waals surface area contributed by atoms with Crippen LogP contribution in [0.5, 0.6) is 0 Å². The number of benzene rings is 1. The molecule has 1 aliphatic heterocycles. The summed E-state index contributed by atoms with van der Waals surface area (Å²) in [5.74, 6) is 0.172. The SMILES string of the molecule is CCN1CCOCC(C(=O)c2ccccc2)C1. The lowest BCUT2D eigenvalue weighted by Crippen LogP contribution is -2.33. The lowest BCUT2D eigenvalue weighted by atomic mass is 9.98. The monoisotopic (exact) mass is 233 g/mol. The molecule has 1 fully saturated rings. The van der Waals surface area contributed by atoms with E-state index in [9.17, 15) is 4.79 Å². The van der Waals surface area contributed by atoms with E-state index in [4.69, 9.17) is 4.74 Å². The molecule has 0 aromatic heterocycles. The lowest BCUT2D eigenvalue weighted by Gasteiger charge is -2.20. The minimum Gasteiger partial charge on any atom is -0.379 e. The third kappa shape index (κ3) is 3.14. The number of carbonyl (C=O) groups is 1. The maximum Gasteiger partial charge on any atom is 0.169 e. The molecule has 0 aliphatic carbocycles. The Balaban J connectivity index is 2.08. The number of nitrogens with zero attached hydrogens (tertiary/aromatic N) is 1. The van der Waals surface area contributed by atoms with Gasteiger partial charge in [0.15, 0.2) is 5.78 Å². The summed E-state index contributed by atoms with van der Waals surface area (Å²) in [5.41, 5.74) is 0.791. The fraction of sp³-hybridized carbons (Fsp3) is 0.500. The molecule has 1 aromatic carbocycles. The summed E-state index contributed by atoms with van der Waals surface area (Å²) < 4.78 is 5.52. The first-order valence-electron chi connectivity index (χ1n) is 6.20. The van der Waals surface area contributed by atoms with Gasteiger partial charge in [-0.05, 0) is 6.54 Å². The van der Waals surface area contributed by atoms with Crippen molar-refractivity contribution in [3.8, 4) is 0 Å². The zero-order valence-electron chi connectivity index (χ0n) is 10.3. The number of likely N-dealkylation sites (N-methyl/N-ethyl adjacent to an activating group) is 1. The van der Waals surface area contributed by atoms with E-state index < -0.39 is 0 Å². The number of ether oxygens (including phenoxy) is 1. The highest BCUT2D eigenvalue weighted by Crippen LogP contribution is 2.13. The van der Waals surface area contributed by atoms with Crippen LogP contribution < -0.4 is 0 Å². The van der Waals surface area contributed by atoms with Gasteiger partial charge < -0.3 is 9.64 Å². The Hall–Kier alpha value is -1.19. The highest BCUT2D eigenvalue weighted by atomic mass is 16.5. The molecule has 1 unspecified atom stereocenters. The maximum absolute atomic E-state index is 12.3. The van der Waals surface area contributed by atoms with Crippen molar-refractivity contribution in [2.75, 3.05) is 32.8 Å². The highest BCUT2D eigenvalue weighted by molar-refractivity contribution is 5.98. The largest absolute Gasteiger partial charge is 0.379 e. The third-order valence-electron chi connectivity index (χ3n) is 3.23. The van der Waals surface area contributed by atoms with E-state index in [1.54, 1.807) is 0 Å². The summed E-state index contributed by atoms with van der Waals surface area (Å²) in [4.78, 5) is 14.6. The fourth-order valence-corrected chi connectivity index (χ4v) is 2.16. The average Bonchev–Trinajstić information content (AvgIpc) is 2.64. The van der Waals surface area contributed by atoms with Crippen LogP contribution in [0.3, 0.4) is 0 Å². The van der Waals surface area contributed by atoms with Gasteiger partial charge in [-0.1, -0.05) is 37.3 Å². The summed E-state index contributed by atoms with van der Waals surface area (Å²) in [7, 11) is 0. The smallest absolute Gasteiger partial charge is 0.169 e. The third-order valence-corrected chi connectivity index (χ3v) is 3.23. The molecule has 17 heavy (non-hydrogen) atoms. The van der Waals surface area contributed by atoms with Gasteiger partial charge in [0.1, 0.15) is 0 Å². The second kappa shape index (κ2) is 5.94. The van der Waals surface area contributed by atoms with Gasteiger partial charge in [0.2, 0.25) is 0 Å². The molecule has 0 spiro atoms. The molecule has 1 saturated heterocycles. The van der Waals surface area contributed by atoms with Crippen LogP contribution in [0.25, 0.3) is 0 Å². The van der Waals surface area contributed by atoms with Crippen molar-refractivity contribution < 1.29 is 9.53 Å². The van der Waals surface area contributed by atoms with Crippen molar-refractivity contribution in [3.05, 3.63) is 35.9 Å². The van der Waals surface area contributed by atoms with E-state index >= 15 is 0 Å². The minimum absolute atomic E-state index is 0.0279. The Morgan fingerprint density at radius 2 is 2.18 bits per heavy atom. The number of hydrogen-bond acceptors (Lipinski definition) is 3. The van der Waals surface area contributed by atoms with Crippen molar-refractivity contribution in [3.63, 3.8) is 0 Å². The summed E-state index contributed by atoms with van der Waals surface area (Å²) in [6, 6.07) is 9.50. The second-order valence-electron chi connectivity index (χ2n) is 4.40. The van der Waals surface area contributed by atoms with Crippen LogP contribution in [0, 0.1) is 5.92 Å². The van der Waals surface area contributed by atoms with E-state index in [1.807, 2.05) is 30.3 Å². The summed E-state index contributed by atoms with van der Waals surface area (Å²) >= 11 is 0. The lowest BCUT2D eigenvalue weighted by molar-refractivity contribution is 0.0782. The summed E-state index contributed by atoms with van der Waals surface area (Å²) in [5, 5.41) is 0. The van der Waals surface area contributed by atoms with Crippen LogP contribution >= 0.6 is 0 Å². The van der Waals surface area contributed by atoms with Crippen LogP contribution in [-0.4, -0.2) is 43.5 Å². The Kier molecular flexibility index (Phi) is 4.29. The molecule has 3 heteroatoms. The highest BCUT2D eigenvalue weighted by Gasteiger charge is 2.24. The zero-order chi connectivity index (χ0) is 12.1. The average molecular weight is 233 g/mol. The standard InChI is InChI=1S/C14H19NO2/c1-2-15-8-9-17-11-13(10-15)14(16)12-6-4-3-5-7-12/h3-7,13H,2,8-11H2,1H3. The van der Waals surface area contributed by atoms with Crippen LogP contribution in [0.15, 0.2) is 30.3 Å². The second-order valence-corrected chi connectivity index (χ2v) is 4.40. The van der Waals surface area contributed by atoms with E-state index in [1.165, 1.54) is 0 Å². The summed E-state index contributed by atoms with van der Waals surface area (Å²) in [6.45, 7) is 6.10. The van der Waals surface area contributed by atoms with Gasteiger partial charge in [-0.2, -0.15) is 0 Å². The predicted molar refractivity (Wildman–Crippen MR) is 67.2 cm³/mol. The Morgan fingerprint density at radius 3 is 2.88 bits per heavy atom. The summed E-state index contributed by atoms with van der Waals surface area (Å²) in [6.07, 6.45) is 0. The number of carbonyl (C=O) groups excluding carboxylic acids is 1. The minimum atomic E-state index is -0.0279. The molecular weight excluding hydrogens is 214 g/mol. The number of hydrogen-bond donors (Lipinski definition) is 0. The zero-order valence-corrected chi connectivity index (χ0v) is 10.3. The first-order chi connectivity index (χ1) is 8.31. The molecule has 1 aliphatic rings. The topological polar surface area (TPSA) is 29.5 Å². The van der Waals surface area contributed by atoms with Crippen molar-refractivity contribution in [2.24, 2.45) is 5.92 Å². The molecule has 1 heterocycles. The van der Waals surface area contributed by atoms with Crippen LogP contribution in [0.2, 0.25) is 0 Å². The Labute approximate surface area is 102 Å². The molecule has 0 radical (unpaired) electrons. The van der Waals surface area contributed by atoms with E-state index in [0.717, 1.165) is 31.8 Å². The van der Waals surface area contributed by atoms with Gasteiger partial charge in [0.05, 0.1) is 19.1 Å². The number of Topliss-reactive ketones (excluding diaryl/α,β-unsaturated/α-hetero) is 1. The normalized spacial score (nSPS) is 22.1. The fourth-order valence-electron chi connectivity index (χ4n) is 2.16. The van der Waals surface area contributed by atoms with Crippen LogP contribution in [0.4, 0.5) is 0 Å². The van der Waals surface area contributed by atoms with Gasteiger partial charge in [0.25, 0.3) is 0 Å². The molecular formula is C14H19NO2. The van der Waals surface area contributed by atoms with Gasteiger partial charge >= 0.3 is 0 Å². The van der Waals surface area contributed by atoms with Gasteiger partial charge in [-0.25, -0.2) is 0 Å². The molecule has 3 nitrogen and oxygen atoms in total. The van der Waals surface area contributed by atoms with E-state index in [2.05, 4.69) is 11.8 Å². The number of ketones is 1. The van der Waals surface area contributed by atoms with Gasteiger partial charge in [0, 0.05) is 18.7 Å². The maximum atomic E-state index is 12.3. The van der Waals surface area contributed by atoms with Crippen LogP contribution in [-0.2, 0) is 4.74 Å². The molecule has 2 rings (SSSR count). The Morgan fingerprint density at radius 1 is 1.41 bits per heavy atom.